The fourth-order valence-corrected chi connectivity index (χ4v) is 1.95. The number of hydrazone groups is 1. The standard InChI is InChI=1S/C13H16BrN3O4/c1-3-4-21-11-9(14)5-8(6-10(11)20-2)7-16-17-13(19)12(15)18/h5-7H,3-4H2,1-2H3,(H2,15,18)(H,17,19)/b16-7-. The Hall–Kier alpha value is -2.09. The van der Waals surface area contributed by atoms with Crippen LogP contribution in [0.4, 0.5) is 0 Å². The number of ether oxygens (including phenoxy) is 2. The molecule has 0 heterocycles. The Morgan fingerprint density at radius 2 is 2.19 bits per heavy atom. The summed E-state index contributed by atoms with van der Waals surface area (Å²) in [6.45, 7) is 2.57. The van der Waals surface area contributed by atoms with Crippen LogP contribution in [0.15, 0.2) is 21.7 Å². The van der Waals surface area contributed by atoms with Crippen molar-refractivity contribution in [1.29, 1.82) is 0 Å². The molecule has 0 aliphatic rings. The van der Waals surface area contributed by atoms with Crippen LogP contribution in [-0.2, 0) is 9.59 Å². The average Bonchev–Trinajstić information content (AvgIpc) is 2.45. The fraction of sp³-hybridized carbons (Fsp3) is 0.308. The van der Waals surface area contributed by atoms with Gasteiger partial charge in [0.05, 0.1) is 24.4 Å². The maximum Gasteiger partial charge on any atom is 0.329 e. The number of carbonyl (C=O) groups excluding carboxylic acids is 2. The summed E-state index contributed by atoms with van der Waals surface area (Å²) >= 11 is 3.38. The van der Waals surface area contributed by atoms with Gasteiger partial charge in [-0.15, -0.1) is 0 Å². The maximum atomic E-state index is 10.9. The number of amides is 2. The molecule has 114 valence electrons. The average molecular weight is 358 g/mol. The highest BCUT2D eigenvalue weighted by atomic mass is 79.9. The van der Waals surface area contributed by atoms with E-state index in [0.29, 0.717) is 28.1 Å². The summed E-state index contributed by atoms with van der Waals surface area (Å²) in [5.74, 6) is -0.965. The molecule has 0 radical (unpaired) electrons. The minimum atomic E-state index is -1.10. The van der Waals surface area contributed by atoms with Gasteiger partial charge in [0.25, 0.3) is 0 Å². The lowest BCUT2D eigenvalue weighted by molar-refractivity contribution is -0.137. The minimum absolute atomic E-state index is 0.528. The molecule has 0 unspecified atom stereocenters. The summed E-state index contributed by atoms with van der Waals surface area (Å²) in [6.07, 6.45) is 2.23. The van der Waals surface area contributed by atoms with Gasteiger partial charge in [0.15, 0.2) is 11.5 Å². The number of hydrogen-bond acceptors (Lipinski definition) is 5. The summed E-state index contributed by atoms with van der Waals surface area (Å²) in [6, 6.07) is 3.43. The van der Waals surface area contributed by atoms with Crippen LogP contribution in [0.3, 0.4) is 0 Å². The molecule has 2 amide bonds. The van der Waals surface area contributed by atoms with Gasteiger partial charge in [-0.3, -0.25) is 9.59 Å². The van der Waals surface area contributed by atoms with E-state index in [-0.39, 0.29) is 0 Å². The Bertz CT molecular complexity index is 561. The van der Waals surface area contributed by atoms with E-state index in [1.807, 2.05) is 12.3 Å². The zero-order valence-electron chi connectivity index (χ0n) is 11.7. The number of nitrogens with one attached hydrogen (secondary N) is 1. The number of primary amides is 1. The van der Waals surface area contributed by atoms with Crippen molar-refractivity contribution in [2.75, 3.05) is 13.7 Å². The van der Waals surface area contributed by atoms with Gasteiger partial charge in [0, 0.05) is 0 Å². The van der Waals surface area contributed by atoms with Crippen LogP contribution in [0, 0.1) is 0 Å². The zero-order chi connectivity index (χ0) is 15.8. The normalized spacial score (nSPS) is 10.4. The zero-order valence-corrected chi connectivity index (χ0v) is 13.3. The van der Waals surface area contributed by atoms with Crippen molar-refractivity contribution in [3.05, 3.63) is 22.2 Å². The SMILES string of the molecule is CCCOc1c(Br)cc(/C=N\NC(=O)C(N)=O)cc1OC. The Kier molecular flexibility index (Phi) is 6.67. The van der Waals surface area contributed by atoms with Crippen LogP contribution < -0.4 is 20.6 Å². The molecule has 0 aromatic heterocycles. The number of carbonyl (C=O) groups is 2. The van der Waals surface area contributed by atoms with Gasteiger partial charge in [-0.05, 0) is 40.0 Å². The van der Waals surface area contributed by atoms with Crippen LogP contribution >= 0.6 is 15.9 Å². The third-order valence-corrected chi connectivity index (χ3v) is 2.89. The highest BCUT2D eigenvalue weighted by Gasteiger charge is 2.11. The number of hydrogen-bond donors (Lipinski definition) is 2. The number of rotatable bonds is 6. The second-order valence-corrected chi connectivity index (χ2v) is 4.80. The molecule has 0 saturated heterocycles. The molecule has 8 heteroatoms. The molecule has 0 saturated carbocycles. The first-order valence-electron chi connectivity index (χ1n) is 6.12. The molecule has 0 aliphatic carbocycles. The summed E-state index contributed by atoms with van der Waals surface area (Å²) in [7, 11) is 1.52. The highest BCUT2D eigenvalue weighted by Crippen LogP contribution is 2.36. The van der Waals surface area contributed by atoms with Crippen molar-refractivity contribution in [1.82, 2.24) is 5.43 Å². The molecule has 21 heavy (non-hydrogen) atoms. The Balaban J connectivity index is 2.90. The summed E-state index contributed by atoms with van der Waals surface area (Å²) in [4.78, 5) is 21.5. The van der Waals surface area contributed by atoms with E-state index in [9.17, 15) is 9.59 Å². The van der Waals surface area contributed by atoms with Gasteiger partial charge in [-0.25, -0.2) is 5.43 Å². The van der Waals surface area contributed by atoms with Crippen molar-refractivity contribution in [3.63, 3.8) is 0 Å². The second-order valence-electron chi connectivity index (χ2n) is 3.95. The van der Waals surface area contributed by atoms with Crippen molar-refractivity contribution in [3.8, 4) is 11.5 Å². The summed E-state index contributed by atoms with van der Waals surface area (Å²) < 4.78 is 11.5. The molecule has 0 spiro atoms. The smallest absolute Gasteiger partial charge is 0.329 e. The predicted molar refractivity (Wildman–Crippen MR) is 81.4 cm³/mol. The number of benzene rings is 1. The molecule has 0 atom stereocenters. The van der Waals surface area contributed by atoms with Crippen LogP contribution in [0.2, 0.25) is 0 Å². The third kappa shape index (κ3) is 5.07. The van der Waals surface area contributed by atoms with Gasteiger partial charge in [0.1, 0.15) is 0 Å². The monoisotopic (exact) mass is 357 g/mol. The largest absolute Gasteiger partial charge is 0.493 e. The Labute approximate surface area is 130 Å². The fourth-order valence-electron chi connectivity index (χ4n) is 1.38. The minimum Gasteiger partial charge on any atom is -0.493 e. The first-order valence-corrected chi connectivity index (χ1v) is 6.92. The topological polar surface area (TPSA) is 103 Å². The molecule has 7 nitrogen and oxygen atoms in total. The first kappa shape index (κ1) is 17.0. The van der Waals surface area contributed by atoms with E-state index in [2.05, 4.69) is 21.0 Å². The Morgan fingerprint density at radius 3 is 2.76 bits per heavy atom. The molecule has 1 rings (SSSR count). The van der Waals surface area contributed by atoms with E-state index < -0.39 is 11.8 Å². The van der Waals surface area contributed by atoms with Gasteiger partial charge in [0.2, 0.25) is 0 Å². The lowest BCUT2D eigenvalue weighted by Gasteiger charge is -2.12. The number of methoxy groups -OCH3 is 1. The van der Waals surface area contributed by atoms with Gasteiger partial charge < -0.3 is 15.2 Å². The lowest BCUT2D eigenvalue weighted by Crippen LogP contribution is -2.32. The maximum absolute atomic E-state index is 10.9. The van der Waals surface area contributed by atoms with E-state index in [1.54, 1.807) is 12.1 Å². The molecule has 1 aromatic rings. The predicted octanol–water partition coefficient (Wildman–Crippen LogP) is 1.18. The molecule has 3 N–H and O–H groups in total. The van der Waals surface area contributed by atoms with E-state index in [1.165, 1.54) is 13.3 Å². The quantitative estimate of drug-likeness (QED) is 0.453. The highest BCUT2D eigenvalue weighted by molar-refractivity contribution is 9.10. The van der Waals surface area contributed by atoms with Crippen molar-refractivity contribution in [2.24, 2.45) is 10.8 Å². The van der Waals surface area contributed by atoms with Gasteiger partial charge in [-0.1, -0.05) is 6.92 Å². The van der Waals surface area contributed by atoms with Crippen molar-refractivity contribution >= 4 is 34.0 Å². The van der Waals surface area contributed by atoms with E-state index in [4.69, 9.17) is 15.2 Å². The summed E-state index contributed by atoms with van der Waals surface area (Å²) in [5, 5.41) is 3.63. The summed E-state index contributed by atoms with van der Waals surface area (Å²) in [5.41, 5.74) is 7.43. The Morgan fingerprint density at radius 1 is 1.48 bits per heavy atom. The second kappa shape index (κ2) is 8.25. The number of nitrogens with two attached hydrogens (primary N) is 1. The van der Waals surface area contributed by atoms with E-state index >= 15 is 0 Å². The van der Waals surface area contributed by atoms with Crippen LogP contribution in [0.5, 0.6) is 11.5 Å². The molecule has 1 aromatic carbocycles. The van der Waals surface area contributed by atoms with Crippen LogP contribution in [0.25, 0.3) is 0 Å². The van der Waals surface area contributed by atoms with E-state index in [0.717, 1.165) is 6.42 Å². The van der Waals surface area contributed by atoms with Crippen molar-refractivity contribution in [2.45, 2.75) is 13.3 Å². The molecular formula is C13H16BrN3O4. The number of halogens is 1. The van der Waals surface area contributed by atoms with Crippen molar-refractivity contribution < 1.29 is 19.1 Å². The number of nitrogens with zero attached hydrogens (tertiary/aromatic N) is 1. The van der Waals surface area contributed by atoms with Crippen LogP contribution in [-0.4, -0.2) is 31.7 Å². The third-order valence-electron chi connectivity index (χ3n) is 2.31. The molecule has 0 fully saturated rings. The van der Waals surface area contributed by atoms with Crippen LogP contribution in [0.1, 0.15) is 18.9 Å². The van der Waals surface area contributed by atoms with Gasteiger partial charge >= 0.3 is 11.8 Å². The van der Waals surface area contributed by atoms with Gasteiger partial charge in [-0.2, -0.15) is 5.10 Å². The molecule has 0 bridgehead atoms. The lowest BCUT2D eigenvalue weighted by atomic mass is 10.2. The molecular weight excluding hydrogens is 342 g/mol. The first-order chi connectivity index (χ1) is 9.99. The molecule has 0 aliphatic heterocycles.